The molecule has 0 spiro atoms. The van der Waals surface area contributed by atoms with Gasteiger partial charge in [-0.05, 0) is 19.4 Å². The normalized spacial score (nSPS) is 21.1. The Labute approximate surface area is 114 Å². The molecule has 0 saturated carbocycles. The summed E-state index contributed by atoms with van der Waals surface area (Å²) in [7, 11) is -3.84. The van der Waals surface area contributed by atoms with Gasteiger partial charge < -0.3 is 5.32 Å². The van der Waals surface area contributed by atoms with E-state index < -0.39 is 22.7 Å². The van der Waals surface area contributed by atoms with Gasteiger partial charge in [-0.3, -0.25) is 4.68 Å². The third-order valence-electron chi connectivity index (χ3n) is 2.88. The molecule has 10 heteroatoms. The van der Waals surface area contributed by atoms with Gasteiger partial charge in [-0.2, -0.15) is 18.3 Å². The lowest BCUT2D eigenvalue weighted by atomic mass is 10.1. The predicted octanol–water partition coefficient (Wildman–Crippen LogP) is 0.476. The number of piperidine rings is 1. The molecule has 0 aromatic carbocycles. The fourth-order valence-corrected chi connectivity index (χ4v) is 3.22. The molecule has 2 N–H and O–H groups in total. The first kappa shape index (κ1) is 15.3. The zero-order chi connectivity index (χ0) is 14.8. The standard InChI is InChI=1S/C10H15F3N4O2S/c11-10(12,13)7-17-6-9(5-15-17)20(18,19)16-8-2-1-3-14-4-8/h5-6,8,14,16H,1-4,7H2. The van der Waals surface area contributed by atoms with Gasteiger partial charge in [-0.15, -0.1) is 0 Å². The summed E-state index contributed by atoms with van der Waals surface area (Å²) in [6.07, 6.45) is -1.09. The number of rotatable bonds is 4. The quantitative estimate of drug-likeness (QED) is 0.848. The van der Waals surface area contributed by atoms with E-state index in [4.69, 9.17) is 0 Å². The van der Waals surface area contributed by atoms with Gasteiger partial charge in [0.25, 0.3) is 0 Å². The molecule has 6 nitrogen and oxygen atoms in total. The minimum Gasteiger partial charge on any atom is -0.315 e. The van der Waals surface area contributed by atoms with E-state index in [-0.39, 0.29) is 10.9 Å². The molecule has 2 heterocycles. The smallest absolute Gasteiger partial charge is 0.315 e. The third kappa shape index (κ3) is 4.18. The maximum absolute atomic E-state index is 12.2. The van der Waals surface area contributed by atoms with E-state index in [1.54, 1.807) is 0 Å². The third-order valence-corrected chi connectivity index (χ3v) is 4.35. The second-order valence-corrected chi connectivity index (χ2v) is 6.37. The Balaban J connectivity index is 2.05. The molecule has 20 heavy (non-hydrogen) atoms. The van der Waals surface area contributed by atoms with E-state index in [1.165, 1.54) is 0 Å². The minimum absolute atomic E-state index is 0.250. The maximum Gasteiger partial charge on any atom is 0.408 e. The highest BCUT2D eigenvalue weighted by molar-refractivity contribution is 7.89. The zero-order valence-corrected chi connectivity index (χ0v) is 11.3. The summed E-state index contributed by atoms with van der Waals surface area (Å²) in [6.45, 7) is 0.0329. The van der Waals surface area contributed by atoms with Crippen molar-refractivity contribution in [3.05, 3.63) is 12.4 Å². The monoisotopic (exact) mass is 312 g/mol. The maximum atomic E-state index is 12.2. The first-order chi connectivity index (χ1) is 9.26. The van der Waals surface area contributed by atoms with Crippen molar-refractivity contribution in [3.8, 4) is 0 Å². The molecule has 0 aliphatic carbocycles. The van der Waals surface area contributed by atoms with Crippen LogP contribution in [0.4, 0.5) is 13.2 Å². The van der Waals surface area contributed by atoms with Gasteiger partial charge in [-0.25, -0.2) is 13.1 Å². The molecule has 1 saturated heterocycles. The van der Waals surface area contributed by atoms with Crippen LogP contribution >= 0.6 is 0 Å². The summed E-state index contributed by atoms with van der Waals surface area (Å²) in [6, 6.07) is -0.250. The summed E-state index contributed by atoms with van der Waals surface area (Å²) >= 11 is 0. The Bertz CT molecular complexity index is 549. The van der Waals surface area contributed by atoms with Crippen LogP contribution in [0.15, 0.2) is 17.3 Å². The van der Waals surface area contributed by atoms with Gasteiger partial charge >= 0.3 is 6.18 Å². The molecule has 1 aromatic rings. The lowest BCUT2D eigenvalue weighted by molar-refractivity contribution is -0.142. The Morgan fingerprint density at radius 2 is 2.25 bits per heavy atom. The van der Waals surface area contributed by atoms with Crippen LogP contribution in [0, 0.1) is 0 Å². The predicted molar refractivity (Wildman–Crippen MR) is 64.5 cm³/mol. The fourth-order valence-electron chi connectivity index (χ4n) is 1.99. The summed E-state index contributed by atoms with van der Waals surface area (Å²) < 4.78 is 63.6. The van der Waals surface area contributed by atoms with Crippen LogP contribution in [-0.2, 0) is 16.6 Å². The number of halogens is 3. The van der Waals surface area contributed by atoms with Crippen LogP contribution in [0.25, 0.3) is 0 Å². The van der Waals surface area contributed by atoms with E-state index >= 15 is 0 Å². The molecule has 0 bridgehead atoms. The molecule has 0 amide bonds. The van der Waals surface area contributed by atoms with Gasteiger partial charge in [0, 0.05) is 18.8 Å². The Kier molecular flexibility index (Phi) is 4.35. The van der Waals surface area contributed by atoms with Crippen molar-refractivity contribution in [1.82, 2.24) is 19.8 Å². The lowest BCUT2D eigenvalue weighted by Crippen LogP contribution is -2.45. The Morgan fingerprint density at radius 3 is 2.85 bits per heavy atom. The van der Waals surface area contributed by atoms with Gasteiger partial charge in [-0.1, -0.05) is 0 Å². The Morgan fingerprint density at radius 1 is 1.50 bits per heavy atom. The molecule has 1 unspecified atom stereocenters. The highest BCUT2D eigenvalue weighted by Crippen LogP contribution is 2.18. The van der Waals surface area contributed by atoms with Gasteiger partial charge in [0.1, 0.15) is 11.4 Å². The molecule has 1 fully saturated rings. The number of aromatic nitrogens is 2. The molecule has 0 radical (unpaired) electrons. The van der Waals surface area contributed by atoms with Crippen molar-refractivity contribution in [2.24, 2.45) is 0 Å². The van der Waals surface area contributed by atoms with Crippen LogP contribution in [0.2, 0.25) is 0 Å². The molecular formula is C10H15F3N4O2S. The molecule has 1 atom stereocenters. The van der Waals surface area contributed by atoms with Gasteiger partial charge in [0.15, 0.2) is 0 Å². The van der Waals surface area contributed by atoms with Crippen molar-refractivity contribution >= 4 is 10.0 Å². The molecule has 2 rings (SSSR count). The van der Waals surface area contributed by atoms with E-state index in [0.717, 1.165) is 25.4 Å². The molecule has 1 aliphatic rings. The summed E-state index contributed by atoms with van der Waals surface area (Å²) in [4.78, 5) is -0.257. The molecule has 1 aliphatic heterocycles. The minimum atomic E-state index is -4.44. The summed E-state index contributed by atoms with van der Waals surface area (Å²) in [5.74, 6) is 0. The van der Waals surface area contributed by atoms with Crippen LogP contribution in [0.3, 0.4) is 0 Å². The fraction of sp³-hybridized carbons (Fsp3) is 0.700. The summed E-state index contributed by atoms with van der Waals surface area (Å²) in [5, 5.41) is 6.47. The average molecular weight is 312 g/mol. The van der Waals surface area contributed by atoms with E-state index in [0.29, 0.717) is 17.6 Å². The van der Waals surface area contributed by atoms with Crippen LogP contribution < -0.4 is 10.0 Å². The van der Waals surface area contributed by atoms with Crippen molar-refractivity contribution < 1.29 is 21.6 Å². The number of alkyl halides is 3. The van der Waals surface area contributed by atoms with Crippen LogP contribution in [0.5, 0.6) is 0 Å². The topological polar surface area (TPSA) is 76.0 Å². The summed E-state index contributed by atoms with van der Waals surface area (Å²) in [5.41, 5.74) is 0. The average Bonchev–Trinajstić information content (AvgIpc) is 2.76. The van der Waals surface area contributed by atoms with Crippen LogP contribution in [-0.4, -0.2) is 43.5 Å². The van der Waals surface area contributed by atoms with Crippen molar-refractivity contribution in [3.63, 3.8) is 0 Å². The number of nitrogens with zero attached hydrogens (tertiary/aromatic N) is 2. The number of hydrogen-bond acceptors (Lipinski definition) is 4. The van der Waals surface area contributed by atoms with Crippen molar-refractivity contribution in [2.45, 2.75) is 36.5 Å². The highest BCUT2D eigenvalue weighted by Gasteiger charge is 2.29. The van der Waals surface area contributed by atoms with E-state index in [2.05, 4.69) is 15.1 Å². The molecule has 114 valence electrons. The van der Waals surface area contributed by atoms with Crippen molar-refractivity contribution in [1.29, 1.82) is 0 Å². The number of hydrogen-bond donors (Lipinski definition) is 2. The van der Waals surface area contributed by atoms with Crippen molar-refractivity contribution in [2.75, 3.05) is 13.1 Å². The Hall–Kier alpha value is -1.13. The molecular weight excluding hydrogens is 297 g/mol. The highest BCUT2D eigenvalue weighted by atomic mass is 32.2. The second-order valence-electron chi connectivity index (χ2n) is 4.65. The number of sulfonamides is 1. The van der Waals surface area contributed by atoms with Gasteiger partial charge in [0.05, 0.1) is 6.20 Å². The van der Waals surface area contributed by atoms with Gasteiger partial charge in [0.2, 0.25) is 10.0 Å². The molecule has 1 aromatic heterocycles. The number of nitrogens with one attached hydrogen (secondary N) is 2. The van der Waals surface area contributed by atoms with E-state index in [9.17, 15) is 21.6 Å². The SMILES string of the molecule is O=S(=O)(NC1CCCNC1)c1cnn(CC(F)(F)F)c1. The van der Waals surface area contributed by atoms with Crippen LogP contribution in [0.1, 0.15) is 12.8 Å². The largest absolute Gasteiger partial charge is 0.408 e. The first-order valence-electron chi connectivity index (χ1n) is 6.08. The first-order valence-corrected chi connectivity index (χ1v) is 7.57. The van der Waals surface area contributed by atoms with E-state index in [1.807, 2.05) is 0 Å². The zero-order valence-electron chi connectivity index (χ0n) is 10.5. The second kappa shape index (κ2) is 5.70. The lowest BCUT2D eigenvalue weighted by Gasteiger charge is -2.23.